The van der Waals surface area contributed by atoms with Crippen LogP contribution in [0.2, 0.25) is 0 Å². The first-order valence-corrected chi connectivity index (χ1v) is 14.1. The van der Waals surface area contributed by atoms with Crippen LogP contribution in [0, 0.1) is 11.8 Å². The molecule has 2 heterocycles. The largest absolute Gasteiger partial charge is 0.508 e. The third-order valence-corrected chi connectivity index (χ3v) is 7.02. The lowest BCUT2D eigenvalue weighted by molar-refractivity contribution is -0.127. The van der Waals surface area contributed by atoms with Gasteiger partial charge in [0.1, 0.15) is 17.6 Å². The minimum absolute atomic E-state index is 0.0627. The average molecular weight is 557 g/mol. The first-order chi connectivity index (χ1) is 19.9. The van der Waals surface area contributed by atoms with Gasteiger partial charge in [0.2, 0.25) is 5.90 Å². The molecule has 3 amide bonds. The Labute approximate surface area is 240 Å². The number of benzene rings is 3. The van der Waals surface area contributed by atoms with Crippen LogP contribution in [-0.4, -0.2) is 33.8 Å². The predicted octanol–water partition coefficient (Wildman–Crippen LogP) is 6.20. The van der Waals surface area contributed by atoms with Crippen molar-refractivity contribution in [2.24, 2.45) is 16.9 Å². The molecular weight excluding hydrogens is 520 g/mol. The van der Waals surface area contributed by atoms with Gasteiger partial charge in [-0.1, -0.05) is 75.9 Å². The van der Waals surface area contributed by atoms with E-state index in [0.717, 1.165) is 25.7 Å². The van der Waals surface area contributed by atoms with Gasteiger partial charge in [-0.3, -0.25) is 14.4 Å². The Morgan fingerprint density at radius 3 is 1.59 bits per heavy atom. The highest BCUT2D eigenvalue weighted by Crippen LogP contribution is 2.34. The summed E-state index contributed by atoms with van der Waals surface area (Å²) in [4.78, 5) is 37.9. The van der Waals surface area contributed by atoms with Gasteiger partial charge in [-0.25, -0.2) is 10.0 Å². The first-order valence-electron chi connectivity index (χ1n) is 14.1. The number of unbranched alkanes of at least 4 members (excludes halogenated alkanes) is 2. The van der Waals surface area contributed by atoms with Gasteiger partial charge < -0.3 is 10.2 Å². The lowest BCUT2D eigenvalue weighted by atomic mass is 10.0. The van der Waals surface area contributed by atoms with Crippen molar-refractivity contribution in [2.45, 2.75) is 52.4 Å². The second-order valence-corrected chi connectivity index (χ2v) is 9.99. The highest BCUT2D eigenvalue weighted by atomic mass is 16.3. The Bertz CT molecular complexity index is 1360. The number of phenols is 1. The molecule has 2 atom stereocenters. The number of hydrazone groups is 1. The van der Waals surface area contributed by atoms with Gasteiger partial charge in [0, 0.05) is 0 Å². The van der Waals surface area contributed by atoms with E-state index < -0.39 is 11.8 Å². The molecule has 2 aliphatic heterocycles. The number of carbonyl (C=O) groups is 3. The summed E-state index contributed by atoms with van der Waals surface area (Å²) in [6.45, 7) is 4.10. The standard InChI is InChI=1S/C19H20N2O3.C13H16N2O2/c1-2-3-9-17-18(23)20(14-7-5-4-6-8-14)21(19(17)24)15-10-12-16(22)13-11-15;1-2-3-9-11-12(16)14-15(13(11)17)10-7-5-4-6-8-10/h4-8,10-13,17,22H,2-3,9H2,1H3;4-8,11H,2-3,9H2,1H3,(H,14,16). The van der Waals surface area contributed by atoms with Crippen LogP contribution >= 0.6 is 0 Å². The van der Waals surface area contributed by atoms with E-state index in [1.807, 2.05) is 43.3 Å². The molecule has 9 heteroatoms. The summed E-state index contributed by atoms with van der Waals surface area (Å²) in [5, 5.41) is 27.3. The van der Waals surface area contributed by atoms with Gasteiger partial charge in [-0.05, 0) is 61.4 Å². The van der Waals surface area contributed by atoms with Crippen LogP contribution in [0.3, 0.4) is 0 Å². The van der Waals surface area contributed by atoms with E-state index in [0.29, 0.717) is 29.9 Å². The number of hydrogen-bond acceptors (Lipinski definition) is 5. The minimum Gasteiger partial charge on any atom is -0.508 e. The number of para-hydroxylation sites is 2. The Hall–Kier alpha value is -4.66. The molecule has 0 bridgehead atoms. The molecule has 3 aromatic rings. The van der Waals surface area contributed by atoms with Crippen molar-refractivity contribution in [2.75, 3.05) is 15.0 Å². The van der Waals surface area contributed by atoms with Gasteiger partial charge in [-0.15, -0.1) is 5.10 Å². The van der Waals surface area contributed by atoms with Crippen molar-refractivity contribution in [1.82, 2.24) is 0 Å². The quantitative estimate of drug-likeness (QED) is 0.305. The van der Waals surface area contributed by atoms with Crippen molar-refractivity contribution in [3.05, 3.63) is 84.9 Å². The number of aliphatic hydroxyl groups is 1. The zero-order valence-corrected chi connectivity index (χ0v) is 23.4. The molecule has 214 valence electrons. The Morgan fingerprint density at radius 1 is 0.610 bits per heavy atom. The highest BCUT2D eigenvalue weighted by molar-refractivity contribution is 6.23. The molecule has 0 spiro atoms. The Morgan fingerprint density at radius 2 is 1.07 bits per heavy atom. The smallest absolute Gasteiger partial charge is 0.260 e. The summed E-state index contributed by atoms with van der Waals surface area (Å²) in [5.41, 5.74) is 1.92. The van der Waals surface area contributed by atoms with Crippen molar-refractivity contribution in [3.8, 4) is 5.75 Å². The maximum absolute atomic E-state index is 12.9. The molecule has 2 aliphatic rings. The molecule has 0 aliphatic carbocycles. The fourth-order valence-corrected chi connectivity index (χ4v) is 4.80. The van der Waals surface area contributed by atoms with Gasteiger partial charge in [0.25, 0.3) is 17.7 Å². The molecule has 2 unspecified atom stereocenters. The highest BCUT2D eigenvalue weighted by Gasteiger charge is 2.46. The number of aromatic hydroxyl groups is 1. The van der Waals surface area contributed by atoms with E-state index in [2.05, 4.69) is 12.0 Å². The van der Waals surface area contributed by atoms with Crippen LogP contribution in [0.4, 0.5) is 17.1 Å². The Balaban J connectivity index is 0.000000201. The summed E-state index contributed by atoms with van der Waals surface area (Å²) >= 11 is 0. The SMILES string of the molecule is CCCCC1C(=O)N(c2ccccc2)N(c2ccc(O)cc2)C1=O.CCCCC1C(=O)N(c2ccccc2)N=C1O. The number of hydrogen-bond donors (Lipinski definition) is 2. The number of aliphatic hydroxyl groups excluding tert-OH is 1. The van der Waals surface area contributed by atoms with Crippen LogP contribution in [0.15, 0.2) is 90.0 Å². The third kappa shape index (κ3) is 6.57. The van der Waals surface area contributed by atoms with E-state index in [9.17, 15) is 24.6 Å². The summed E-state index contributed by atoms with van der Waals surface area (Å²) in [6, 6.07) is 24.6. The van der Waals surface area contributed by atoms with E-state index in [1.165, 1.54) is 27.2 Å². The lowest BCUT2D eigenvalue weighted by Gasteiger charge is -2.27. The molecule has 0 radical (unpaired) electrons. The van der Waals surface area contributed by atoms with Crippen LogP contribution in [0.25, 0.3) is 0 Å². The maximum Gasteiger partial charge on any atom is 0.260 e. The number of amides is 3. The van der Waals surface area contributed by atoms with E-state index in [4.69, 9.17) is 0 Å². The molecule has 0 saturated carbocycles. The monoisotopic (exact) mass is 556 g/mol. The van der Waals surface area contributed by atoms with Crippen molar-refractivity contribution < 1.29 is 24.6 Å². The number of phenolic OH excluding ortho intramolecular Hbond substituents is 1. The normalized spacial score (nSPS) is 18.4. The molecule has 3 aromatic carbocycles. The van der Waals surface area contributed by atoms with Gasteiger partial charge >= 0.3 is 0 Å². The number of nitrogens with zero attached hydrogens (tertiary/aromatic N) is 4. The zero-order chi connectivity index (χ0) is 29.4. The average Bonchev–Trinajstić information content (AvgIpc) is 3.42. The van der Waals surface area contributed by atoms with Crippen molar-refractivity contribution in [1.29, 1.82) is 0 Å². The van der Waals surface area contributed by atoms with Crippen molar-refractivity contribution >= 4 is 40.7 Å². The molecule has 1 saturated heterocycles. The minimum atomic E-state index is -0.654. The summed E-state index contributed by atoms with van der Waals surface area (Å²) < 4.78 is 0. The van der Waals surface area contributed by atoms with E-state index in [-0.39, 0.29) is 29.4 Å². The second-order valence-electron chi connectivity index (χ2n) is 9.99. The van der Waals surface area contributed by atoms with Gasteiger partial charge in [0.15, 0.2) is 0 Å². The second kappa shape index (κ2) is 13.6. The lowest BCUT2D eigenvalue weighted by Crippen LogP contribution is -2.41. The topological polar surface area (TPSA) is 114 Å². The first kappa shape index (κ1) is 29.3. The van der Waals surface area contributed by atoms with Gasteiger partial charge in [0.05, 0.1) is 17.1 Å². The third-order valence-electron chi connectivity index (χ3n) is 7.02. The zero-order valence-electron chi connectivity index (χ0n) is 23.4. The predicted molar refractivity (Wildman–Crippen MR) is 160 cm³/mol. The molecule has 2 N–H and O–H groups in total. The molecule has 41 heavy (non-hydrogen) atoms. The molecule has 5 rings (SSSR count). The Kier molecular flexibility index (Phi) is 9.73. The number of hydrazine groups is 1. The van der Waals surface area contributed by atoms with Gasteiger partial charge in [-0.2, -0.15) is 5.01 Å². The molecule has 0 aromatic heterocycles. The summed E-state index contributed by atoms with van der Waals surface area (Å²) in [7, 11) is 0. The maximum atomic E-state index is 12.9. The van der Waals surface area contributed by atoms with Crippen LogP contribution < -0.4 is 15.0 Å². The van der Waals surface area contributed by atoms with Crippen molar-refractivity contribution in [3.63, 3.8) is 0 Å². The number of anilines is 3. The van der Waals surface area contributed by atoms with Crippen LogP contribution in [0.5, 0.6) is 5.75 Å². The summed E-state index contributed by atoms with van der Waals surface area (Å²) in [6.07, 6.45) is 4.89. The van der Waals surface area contributed by atoms with E-state index >= 15 is 0 Å². The van der Waals surface area contributed by atoms with E-state index in [1.54, 1.807) is 36.4 Å². The fraction of sp³-hybridized carbons (Fsp3) is 0.312. The molecule has 9 nitrogen and oxygen atoms in total. The van der Waals surface area contributed by atoms with Crippen LogP contribution in [0.1, 0.15) is 52.4 Å². The fourth-order valence-electron chi connectivity index (χ4n) is 4.80. The molecule has 1 fully saturated rings. The van der Waals surface area contributed by atoms with Crippen LogP contribution in [-0.2, 0) is 14.4 Å². The molecular formula is C32H36N4O5. The number of carbonyl (C=O) groups excluding carboxylic acids is 3. The number of rotatable bonds is 9. The summed E-state index contributed by atoms with van der Waals surface area (Å²) in [5.74, 6) is -1.62.